The van der Waals surface area contributed by atoms with E-state index in [2.05, 4.69) is 15.5 Å². The molecule has 3 aromatic rings. The van der Waals surface area contributed by atoms with Gasteiger partial charge in [0.05, 0.1) is 27.4 Å². The molecular weight excluding hydrogens is 509 g/mol. The van der Waals surface area contributed by atoms with E-state index in [1.807, 2.05) is 0 Å². The third-order valence-corrected chi connectivity index (χ3v) is 7.31. The quantitative estimate of drug-likeness (QED) is 0.171. The van der Waals surface area contributed by atoms with Crippen LogP contribution in [0.5, 0.6) is 5.75 Å². The number of rotatable bonds is 8. The van der Waals surface area contributed by atoms with Crippen molar-refractivity contribution in [3.05, 3.63) is 76.3 Å². The molecule has 12 nitrogen and oxygen atoms in total. The molecule has 0 spiro atoms. The largest absolute Gasteiger partial charge is 0.508 e. The topological polar surface area (TPSA) is 180 Å². The summed E-state index contributed by atoms with van der Waals surface area (Å²) < 4.78 is 48.3. The van der Waals surface area contributed by atoms with Crippen LogP contribution in [0.15, 0.2) is 75.8 Å². The molecule has 179 valence electrons. The molecule has 0 aliphatic heterocycles. The van der Waals surface area contributed by atoms with Crippen molar-refractivity contribution >= 4 is 78.0 Å². The van der Waals surface area contributed by atoms with Gasteiger partial charge in [0, 0.05) is 41.3 Å². The van der Waals surface area contributed by atoms with Crippen LogP contribution in [0.25, 0.3) is 0 Å². The van der Waals surface area contributed by atoms with Crippen LogP contribution < -0.4 is 9.44 Å². The Morgan fingerprint density at radius 2 is 1.51 bits per heavy atom. The molecule has 0 saturated heterocycles. The van der Waals surface area contributed by atoms with E-state index in [1.165, 1.54) is 10.2 Å². The van der Waals surface area contributed by atoms with Crippen LogP contribution >= 0.6 is 0 Å². The van der Waals surface area contributed by atoms with E-state index in [4.69, 9.17) is 0 Å². The monoisotopic (exact) mass is 528 g/mol. The van der Waals surface area contributed by atoms with E-state index in [1.54, 1.807) is 43.3 Å². The first-order chi connectivity index (χ1) is 15.8. The third kappa shape index (κ3) is 7.81. The number of nitro benzene ring substituents is 1. The molecule has 1 radical (unpaired) electrons. The summed E-state index contributed by atoms with van der Waals surface area (Å²) in [5.74, 6) is 0.153. The van der Waals surface area contributed by atoms with Gasteiger partial charge in [0.15, 0.2) is 0 Å². The molecular formula is C20H19N5NaO7S2. The number of nitrogens with zero attached hydrogens (tertiary/aromatic N) is 3. The summed E-state index contributed by atoms with van der Waals surface area (Å²) in [6.07, 6.45) is 0.657. The molecule has 0 unspecified atom stereocenters. The number of anilines is 2. The first kappa shape index (κ1) is 28.4. The van der Waals surface area contributed by atoms with Gasteiger partial charge >= 0.3 is 0 Å². The number of azo groups is 1. The Kier molecular flexibility index (Phi) is 9.11. The smallest absolute Gasteiger partial charge is 0.294 e. The van der Waals surface area contributed by atoms with Crippen LogP contribution in [0.1, 0.15) is 5.56 Å². The Morgan fingerprint density at radius 3 is 2.09 bits per heavy atom. The Labute approximate surface area is 223 Å². The van der Waals surface area contributed by atoms with Crippen molar-refractivity contribution in [3.63, 3.8) is 0 Å². The maximum absolute atomic E-state index is 12.2. The summed E-state index contributed by atoms with van der Waals surface area (Å²) in [7, 11) is -8.61. The number of sulfonamides is 2. The molecule has 0 saturated carbocycles. The molecule has 0 aliphatic carbocycles. The van der Waals surface area contributed by atoms with Gasteiger partial charge in [-0.05, 0) is 67.1 Å². The second kappa shape index (κ2) is 11.2. The fourth-order valence-corrected chi connectivity index (χ4v) is 5.26. The molecule has 0 atom stereocenters. The summed E-state index contributed by atoms with van der Waals surface area (Å²) in [6.45, 7) is 1.73. The van der Waals surface area contributed by atoms with Gasteiger partial charge in [-0.2, -0.15) is 10.2 Å². The number of nitro groups is 1. The van der Waals surface area contributed by atoms with E-state index < -0.39 is 35.6 Å². The Bertz CT molecular complexity index is 1490. The zero-order valence-corrected chi connectivity index (χ0v) is 22.5. The van der Waals surface area contributed by atoms with E-state index in [9.17, 15) is 32.1 Å². The average molecular weight is 529 g/mol. The average Bonchev–Trinajstić information content (AvgIpc) is 2.74. The first-order valence-electron chi connectivity index (χ1n) is 9.44. The van der Waals surface area contributed by atoms with E-state index in [0.29, 0.717) is 28.9 Å². The number of benzene rings is 3. The van der Waals surface area contributed by atoms with Gasteiger partial charge in [-0.3, -0.25) is 10.1 Å². The van der Waals surface area contributed by atoms with Crippen molar-refractivity contribution in [2.24, 2.45) is 10.2 Å². The molecule has 35 heavy (non-hydrogen) atoms. The maximum atomic E-state index is 12.2. The second-order valence-electron chi connectivity index (χ2n) is 7.14. The van der Waals surface area contributed by atoms with Gasteiger partial charge in [0.25, 0.3) is 15.7 Å². The number of aryl methyl sites for hydroxylation is 1. The summed E-state index contributed by atoms with van der Waals surface area (Å²) in [6, 6.07) is 14.2. The summed E-state index contributed by atoms with van der Waals surface area (Å²) in [5.41, 5.74) is 1.59. The van der Waals surface area contributed by atoms with Crippen LogP contribution in [0.4, 0.5) is 28.4 Å². The fourth-order valence-electron chi connectivity index (χ4n) is 2.77. The normalized spacial score (nSPS) is 11.7. The van der Waals surface area contributed by atoms with Crippen LogP contribution in [-0.4, -0.2) is 62.7 Å². The van der Waals surface area contributed by atoms with Crippen LogP contribution in [0.2, 0.25) is 0 Å². The molecule has 0 fully saturated rings. The molecule has 0 amide bonds. The Morgan fingerprint density at radius 1 is 0.914 bits per heavy atom. The number of hydrogen-bond acceptors (Lipinski definition) is 10. The van der Waals surface area contributed by atoms with Gasteiger partial charge in [-0.1, -0.05) is 0 Å². The van der Waals surface area contributed by atoms with Crippen LogP contribution in [0, 0.1) is 17.0 Å². The molecule has 3 N–H and O–H groups in total. The minimum atomic E-state index is -4.51. The van der Waals surface area contributed by atoms with Crippen LogP contribution in [0.3, 0.4) is 0 Å². The van der Waals surface area contributed by atoms with Gasteiger partial charge in [0.1, 0.15) is 11.4 Å². The molecule has 0 bridgehead atoms. The number of nitrogens with one attached hydrogen (secondary N) is 2. The molecule has 0 aliphatic rings. The number of phenols is 1. The van der Waals surface area contributed by atoms with Gasteiger partial charge in [-0.15, -0.1) is 4.13 Å². The Balaban J connectivity index is 0.00000432. The van der Waals surface area contributed by atoms with Crippen molar-refractivity contribution in [3.8, 4) is 5.75 Å². The number of phenolic OH excluding ortho intramolecular Hbond substituents is 1. The molecule has 0 heterocycles. The van der Waals surface area contributed by atoms with Gasteiger partial charge in [-0.25, -0.2) is 16.8 Å². The summed E-state index contributed by atoms with van der Waals surface area (Å²) in [4.78, 5) is 10.1. The molecule has 3 aromatic carbocycles. The SMILES string of the molecule is Cc1cc(N=Nc2ccc(Nc3ccc(S(=O)(=O)NS(C)(=O)=O)cc3[N+](=O)[O-])cc2)ccc1O.[Na]. The van der Waals surface area contributed by atoms with Gasteiger partial charge in [0.2, 0.25) is 10.0 Å². The third-order valence-electron chi connectivity index (χ3n) is 4.34. The molecule has 15 heteroatoms. The van der Waals surface area contributed by atoms with Gasteiger partial charge < -0.3 is 10.4 Å². The van der Waals surface area contributed by atoms with Crippen LogP contribution in [-0.2, 0) is 20.0 Å². The van der Waals surface area contributed by atoms with Crippen molar-refractivity contribution in [2.75, 3.05) is 11.6 Å². The van der Waals surface area contributed by atoms with E-state index in [0.717, 1.165) is 18.2 Å². The predicted molar refractivity (Wildman–Crippen MR) is 131 cm³/mol. The first-order valence-corrected chi connectivity index (χ1v) is 12.8. The fraction of sp³-hybridized carbons (Fsp3) is 0.100. The maximum Gasteiger partial charge on any atom is 0.294 e. The second-order valence-corrected chi connectivity index (χ2v) is 10.8. The van der Waals surface area contributed by atoms with Crippen molar-refractivity contribution in [2.45, 2.75) is 11.8 Å². The summed E-state index contributed by atoms with van der Waals surface area (Å²) >= 11 is 0. The Hall–Kier alpha value is -2.88. The molecule has 0 aromatic heterocycles. The van der Waals surface area contributed by atoms with Crippen molar-refractivity contribution in [1.82, 2.24) is 4.13 Å². The van der Waals surface area contributed by atoms with Crippen molar-refractivity contribution in [1.29, 1.82) is 0 Å². The number of aromatic hydroxyl groups is 1. The zero-order chi connectivity index (χ0) is 25.1. The summed E-state index contributed by atoms with van der Waals surface area (Å²) in [5, 5.41) is 32.0. The van der Waals surface area contributed by atoms with Crippen molar-refractivity contribution < 1.29 is 26.9 Å². The predicted octanol–water partition coefficient (Wildman–Crippen LogP) is 3.62. The van der Waals surface area contributed by atoms with E-state index in [-0.39, 0.29) is 41.0 Å². The number of hydrogen-bond donors (Lipinski definition) is 3. The molecule has 3 rings (SSSR count). The minimum Gasteiger partial charge on any atom is -0.508 e. The zero-order valence-electron chi connectivity index (χ0n) is 18.8. The van der Waals surface area contributed by atoms with E-state index >= 15 is 0 Å². The minimum absolute atomic E-state index is 0. The standard InChI is InChI=1S/C20H19N5O7S2.Na/c1-13-11-16(7-10-20(13)26)23-22-15-5-3-14(4-6-15)21-18-9-8-17(12-19(18)25(27)28)34(31,32)24-33(2,29)30;/h3-12,21,24,26H,1-2H3;.